The number of ether oxygens (including phenoxy) is 1. The van der Waals surface area contributed by atoms with E-state index in [4.69, 9.17) is 10.5 Å². The molecule has 1 aliphatic rings. The van der Waals surface area contributed by atoms with E-state index in [1.165, 1.54) is 18.4 Å². The molecule has 0 aliphatic heterocycles. The van der Waals surface area contributed by atoms with Gasteiger partial charge in [0, 0.05) is 12.1 Å². The van der Waals surface area contributed by atoms with Crippen molar-refractivity contribution >= 4 is 29.9 Å². The van der Waals surface area contributed by atoms with E-state index in [1.807, 2.05) is 6.92 Å². The summed E-state index contributed by atoms with van der Waals surface area (Å²) in [6, 6.07) is 6.26. The van der Waals surface area contributed by atoms with E-state index in [2.05, 4.69) is 42.0 Å². The maximum Gasteiger partial charge on any atom is 0.189 e. The first-order valence-electron chi connectivity index (χ1n) is 7.99. The Hall–Kier alpha value is -1.24. The van der Waals surface area contributed by atoms with Gasteiger partial charge >= 0.3 is 0 Å². The van der Waals surface area contributed by atoms with Gasteiger partial charge in [0.25, 0.3) is 0 Å². The standard InChI is InChI=1S/C18H27N3O.HI/c1-13(2)11-20-18(19)21-12-15-9-8-14(3)10-17(15)22-16-6-4-5-7-16;/h8-10,16H,1,4-7,11-12H2,2-3H3,(H3,19,20,21);1H. The Labute approximate surface area is 156 Å². The molecule has 1 fully saturated rings. The fourth-order valence-corrected chi connectivity index (χ4v) is 2.56. The average molecular weight is 429 g/mol. The van der Waals surface area contributed by atoms with Gasteiger partial charge in [-0.25, -0.2) is 4.99 Å². The SMILES string of the molecule is C=C(C)CNC(N)=NCc1ccc(C)cc1OC1CCCC1.I. The van der Waals surface area contributed by atoms with E-state index in [9.17, 15) is 0 Å². The highest BCUT2D eigenvalue weighted by Crippen LogP contribution is 2.28. The predicted octanol–water partition coefficient (Wildman–Crippen LogP) is 3.91. The third-order valence-corrected chi connectivity index (χ3v) is 3.81. The summed E-state index contributed by atoms with van der Waals surface area (Å²) in [6.45, 7) is 9.04. The molecule has 0 unspecified atom stereocenters. The third kappa shape index (κ3) is 6.81. The second-order valence-electron chi connectivity index (χ2n) is 6.15. The highest BCUT2D eigenvalue weighted by Gasteiger charge is 2.18. The number of rotatable bonds is 6. The smallest absolute Gasteiger partial charge is 0.189 e. The first-order chi connectivity index (χ1) is 10.5. The Balaban J connectivity index is 0.00000264. The number of nitrogens with zero attached hydrogens (tertiary/aromatic N) is 1. The largest absolute Gasteiger partial charge is 0.490 e. The Morgan fingerprint density at radius 1 is 1.39 bits per heavy atom. The first kappa shape index (κ1) is 19.8. The molecule has 0 spiro atoms. The van der Waals surface area contributed by atoms with Crippen LogP contribution in [0.5, 0.6) is 5.75 Å². The molecule has 0 radical (unpaired) electrons. The first-order valence-corrected chi connectivity index (χ1v) is 7.99. The van der Waals surface area contributed by atoms with E-state index in [0.29, 0.717) is 25.2 Å². The highest BCUT2D eigenvalue weighted by atomic mass is 127. The molecule has 5 heteroatoms. The number of hydrogen-bond donors (Lipinski definition) is 2. The Morgan fingerprint density at radius 3 is 2.74 bits per heavy atom. The fraction of sp³-hybridized carbons (Fsp3) is 0.500. The average Bonchev–Trinajstić information content (AvgIpc) is 2.97. The van der Waals surface area contributed by atoms with Crippen molar-refractivity contribution in [1.82, 2.24) is 5.32 Å². The molecule has 1 aromatic rings. The minimum absolute atomic E-state index is 0. The van der Waals surface area contributed by atoms with Gasteiger partial charge in [0.2, 0.25) is 0 Å². The second-order valence-corrected chi connectivity index (χ2v) is 6.15. The number of nitrogens with one attached hydrogen (secondary N) is 1. The molecule has 0 heterocycles. The molecular formula is C18H28IN3O. The molecule has 4 nitrogen and oxygen atoms in total. The van der Waals surface area contributed by atoms with Crippen molar-refractivity contribution in [1.29, 1.82) is 0 Å². The van der Waals surface area contributed by atoms with Crippen molar-refractivity contribution in [2.45, 2.75) is 52.2 Å². The summed E-state index contributed by atoms with van der Waals surface area (Å²) in [5.74, 6) is 1.39. The lowest BCUT2D eigenvalue weighted by Gasteiger charge is -2.16. The lowest BCUT2D eigenvalue weighted by atomic mass is 10.1. The molecule has 0 bridgehead atoms. The van der Waals surface area contributed by atoms with Crippen molar-refractivity contribution in [2.24, 2.45) is 10.7 Å². The topological polar surface area (TPSA) is 59.6 Å². The lowest BCUT2D eigenvalue weighted by molar-refractivity contribution is 0.208. The van der Waals surface area contributed by atoms with Gasteiger partial charge in [-0.2, -0.15) is 0 Å². The highest BCUT2D eigenvalue weighted by molar-refractivity contribution is 14.0. The van der Waals surface area contributed by atoms with Crippen LogP contribution in [0.2, 0.25) is 0 Å². The van der Waals surface area contributed by atoms with Gasteiger partial charge in [0.05, 0.1) is 12.6 Å². The molecule has 1 saturated carbocycles. The molecule has 128 valence electrons. The fourth-order valence-electron chi connectivity index (χ4n) is 2.56. The van der Waals surface area contributed by atoms with Crippen molar-refractivity contribution < 1.29 is 4.74 Å². The van der Waals surface area contributed by atoms with Crippen molar-refractivity contribution in [3.8, 4) is 5.75 Å². The van der Waals surface area contributed by atoms with Crippen LogP contribution < -0.4 is 15.8 Å². The van der Waals surface area contributed by atoms with Crippen molar-refractivity contribution in [3.05, 3.63) is 41.5 Å². The second kappa shape index (κ2) is 9.80. The molecule has 1 aliphatic carbocycles. The predicted molar refractivity (Wildman–Crippen MR) is 108 cm³/mol. The van der Waals surface area contributed by atoms with E-state index >= 15 is 0 Å². The van der Waals surface area contributed by atoms with Crippen LogP contribution in [-0.2, 0) is 6.54 Å². The number of benzene rings is 1. The zero-order chi connectivity index (χ0) is 15.9. The normalized spacial score (nSPS) is 15.1. The van der Waals surface area contributed by atoms with E-state index < -0.39 is 0 Å². The van der Waals surface area contributed by atoms with E-state index in [-0.39, 0.29) is 24.0 Å². The van der Waals surface area contributed by atoms with Gasteiger partial charge in [-0.3, -0.25) is 0 Å². The molecule has 3 N–H and O–H groups in total. The van der Waals surface area contributed by atoms with Crippen LogP contribution in [0.1, 0.15) is 43.7 Å². The van der Waals surface area contributed by atoms with Crippen LogP contribution in [-0.4, -0.2) is 18.6 Å². The molecule has 0 amide bonds. The summed E-state index contributed by atoms with van der Waals surface area (Å²) >= 11 is 0. The van der Waals surface area contributed by atoms with Crippen LogP contribution in [0.4, 0.5) is 0 Å². The molecule has 1 aromatic carbocycles. The van der Waals surface area contributed by atoms with Crippen molar-refractivity contribution in [2.75, 3.05) is 6.54 Å². The Bertz CT molecular complexity index is 551. The summed E-state index contributed by atoms with van der Waals surface area (Å²) in [7, 11) is 0. The monoisotopic (exact) mass is 429 g/mol. The van der Waals surface area contributed by atoms with E-state index in [1.54, 1.807) is 0 Å². The van der Waals surface area contributed by atoms with Gasteiger partial charge in [-0.1, -0.05) is 24.3 Å². The maximum absolute atomic E-state index is 6.17. The molecule has 0 saturated heterocycles. The van der Waals surface area contributed by atoms with Crippen LogP contribution in [0, 0.1) is 6.92 Å². The summed E-state index contributed by atoms with van der Waals surface area (Å²) < 4.78 is 6.17. The number of aryl methyl sites for hydroxylation is 1. The van der Waals surface area contributed by atoms with Crippen LogP contribution in [0.3, 0.4) is 0 Å². The number of hydrogen-bond acceptors (Lipinski definition) is 2. The number of aliphatic imine (C=N–C) groups is 1. The molecule has 2 rings (SSSR count). The minimum atomic E-state index is 0. The summed E-state index contributed by atoms with van der Waals surface area (Å²) in [5, 5.41) is 3.04. The van der Waals surface area contributed by atoms with Gasteiger partial charge in [0.1, 0.15) is 5.75 Å². The summed E-state index contributed by atoms with van der Waals surface area (Å²) in [4.78, 5) is 4.39. The number of guanidine groups is 1. The zero-order valence-corrected chi connectivity index (χ0v) is 16.4. The molecule has 0 atom stereocenters. The zero-order valence-electron chi connectivity index (χ0n) is 14.1. The molecule has 23 heavy (non-hydrogen) atoms. The summed E-state index contributed by atoms with van der Waals surface area (Å²) in [6.07, 6.45) is 5.19. The lowest BCUT2D eigenvalue weighted by Crippen LogP contribution is -2.32. The van der Waals surface area contributed by atoms with Gasteiger partial charge in [-0.15, -0.1) is 24.0 Å². The van der Waals surface area contributed by atoms with Crippen LogP contribution >= 0.6 is 24.0 Å². The van der Waals surface area contributed by atoms with Crippen LogP contribution in [0.15, 0.2) is 35.3 Å². The maximum atomic E-state index is 6.17. The molecule has 0 aromatic heterocycles. The Kier molecular flexibility index (Phi) is 8.44. The van der Waals surface area contributed by atoms with Crippen molar-refractivity contribution in [3.63, 3.8) is 0 Å². The van der Waals surface area contributed by atoms with E-state index in [0.717, 1.165) is 29.7 Å². The summed E-state index contributed by atoms with van der Waals surface area (Å²) in [5.41, 5.74) is 9.18. The molecular weight excluding hydrogens is 401 g/mol. The number of halogens is 1. The van der Waals surface area contributed by atoms with Gasteiger partial charge < -0.3 is 15.8 Å². The minimum Gasteiger partial charge on any atom is -0.490 e. The third-order valence-electron chi connectivity index (χ3n) is 3.81. The van der Waals surface area contributed by atoms with Gasteiger partial charge in [0.15, 0.2) is 5.96 Å². The Morgan fingerprint density at radius 2 is 2.09 bits per heavy atom. The van der Waals surface area contributed by atoms with Crippen LogP contribution in [0.25, 0.3) is 0 Å². The number of nitrogens with two attached hydrogens (primary N) is 1. The van der Waals surface area contributed by atoms with Gasteiger partial charge in [-0.05, 0) is 51.2 Å². The quantitative estimate of drug-likeness (QED) is 0.312.